The molecule has 1 atom stereocenters. The highest BCUT2D eigenvalue weighted by molar-refractivity contribution is 9.10. The van der Waals surface area contributed by atoms with Crippen LogP contribution in [0.2, 0.25) is 0 Å². The Kier molecular flexibility index (Phi) is 7.42. The van der Waals surface area contributed by atoms with Crippen molar-refractivity contribution in [3.05, 3.63) is 28.2 Å². The number of hydrogen-bond donors (Lipinski definition) is 1. The average molecular weight is 330 g/mol. The lowest BCUT2D eigenvalue weighted by atomic mass is 10.0. The highest BCUT2D eigenvalue weighted by Gasteiger charge is 2.10. The van der Waals surface area contributed by atoms with Gasteiger partial charge in [0.15, 0.2) is 0 Å². The molecule has 4 heteroatoms. The second-order valence-corrected chi connectivity index (χ2v) is 5.70. The van der Waals surface area contributed by atoms with Gasteiger partial charge in [0.2, 0.25) is 0 Å². The van der Waals surface area contributed by atoms with E-state index in [0.29, 0.717) is 25.7 Å². The Labute approximate surface area is 124 Å². The van der Waals surface area contributed by atoms with Gasteiger partial charge in [-0.2, -0.15) is 0 Å². The predicted octanol–water partition coefficient (Wildman–Crippen LogP) is 3.71. The van der Waals surface area contributed by atoms with Crippen molar-refractivity contribution in [1.82, 2.24) is 0 Å². The van der Waals surface area contributed by atoms with E-state index in [1.54, 1.807) is 0 Å². The Hall–Kier alpha value is -0.580. The fourth-order valence-electron chi connectivity index (χ4n) is 1.91. The third-order valence-electron chi connectivity index (χ3n) is 2.96. The van der Waals surface area contributed by atoms with Gasteiger partial charge in [0.05, 0.1) is 12.7 Å². The van der Waals surface area contributed by atoms with Crippen LogP contribution in [0.3, 0.4) is 0 Å². The van der Waals surface area contributed by atoms with Gasteiger partial charge in [-0.05, 0) is 36.6 Å². The Morgan fingerprint density at radius 2 is 2.05 bits per heavy atom. The highest BCUT2D eigenvalue weighted by Crippen LogP contribution is 2.29. The summed E-state index contributed by atoms with van der Waals surface area (Å²) in [5.41, 5.74) is 6.87. The fraction of sp³-hybridized carbons (Fsp3) is 0.600. The van der Waals surface area contributed by atoms with Crippen molar-refractivity contribution in [3.63, 3.8) is 0 Å². The zero-order chi connectivity index (χ0) is 14.3. The van der Waals surface area contributed by atoms with E-state index in [1.807, 2.05) is 19.1 Å². The molecule has 0 saturated carbocycles. The molecular formula is C15H24BrNO2. The van der Waals surface area contributed by atoms with Crippen LogP contribution in [0.5, 0.6) is 5.75 Å². The monoisotopic (exact) mass is 329 g/mol. The summed E-state index contributed by atoms with van der Waals surface area (Å²) in [6, 6.07) is 6.13. The molecule has 0 aliphatic rings. The Balaban J connectivity index is 2.57. The van der Waals surface area contributed by atoms with Gasteiger partial charge < -0.3 is 15.2 Å². The molecule has 0 radical (unpaired) electrons. The molecule has 19 heavy (non-hydrogen) atoms. The molecule has 0 saturated heterocycles. The maximum atomic E-state index is 5.88. The van der Waals surface area contributed by atoms with Gasteiger partial charge >= 0.3 is 0 Å². The van der Waals surface area contributed by atoms with E-state index in [9.17, 15) is 0 Å². The van der Waals surface area contributed by atoms with Gasteiger partial charge in [-0.1, -0.05) is 29.8 Å². The van der Waals surface area contributed by atoms with Gasteiger partial charge in [-0.3, -0.25) is 0 Å². The molecule has 108 valence electrons. The van der Waals surface area contributed by atoms with Crippen LogP contribution in [0, 0.1) is 0 Å². The van der Waals surface area contributed by atoms with Crippen LogP contribution in [0.15, 0.2) is 22.7 Å². The quantitative estimate of drug-likeness (QED) is 0.790. The molecule has 0 fully saturated rings. The Morgan fingerprint density at radius 3 is 2.63 bits per heavy atom. The van der Waals surface area contributed by atoms with E-state index in [2.05, 4.69) is 35.8 Å². The zero-order valence-electron chi connectivity index (χ0n) is 12.0. The van der Waals surface area contributed by atoms with E-state index in [4.69, 9.17) is 15.2 Å². The summed E-state index contributed by atoms with van der Waals surface area (Å²) in [4.78, 5) is 0. The maximum absolute atomic E-state index is 5.88. The van der Waals surface area contributed by atoms with E-state index < -0.39 is 0 Å². The summed E-state index contributed by atoms with van der Waals surface area (Å²) in [6.07, 6.45) is 0.903. The molecule has 0 aliphatic heterocycles. The Bertz CT molecular complexity index is 382. The topological polar surface area (TPSA) is 44.5 Å². The molecule has 1 aromatic rings. The molecule has 0 aliphatic carbocycles. The lowest BCUT2D eigenvalue weighted by molar-refractivity contribution is 0.0526. The zero-order valence-corrected chi connectivity index (χ0v) is 13.6. The predicted molar refractivity (Wildman–Crippen MR) is 82.8 cm³/mol. The van der Waals surface area contributed by atoms with Crippen LogP contribution in [0.4, 0.5) is 0 Å². The largest absolute Gasteiger partial charge is 0.493 e. The summed E-state index contributed by atoms with van der Waals surface area (Å²) in [6.45, 7) is 8.17. The lowest BCUT2D eigenvalue weighted by Crippen LogP contribution is -2.25. The van der Waals surface area contributed by atoms with Gasteiger partial charge in [-0.25, -0.2) is 0 Å². The molecule has 0 bridgehead atoms. The summed E-state index contributed by atoms with van der Waals surface area (Å²) in [5.74, 6) is 1.38. The van der Waals surface area contributed by atoms with Crippen LogP contribution in [0.1, 0.15) is 38.7 Å². The summed E-state index contributed by atoms with van der Waals surface area (Å²) in [5, 5.41) is 0. The highest BCUT2D eigenvalue weighted by atomic mass is 79.9. The maximum Gasteiger partial charge on any atom is 0.122 e. The molecule has 0 aromatic heterocycles. The van der Waals surface area contributed by atoms with Crippen molar-refractivity contribution in [2.45, 2.75) is 39.2 Å². The van der Waals surface area contributed by atoms with E-state index in [-0.39, 0.29) is 6.10 Å². The van der Waals surface area contributed by atoms with Crippen LogP contribution in [0.25, 0.3) is 0 Å². The Morgan fingerprint density at radius 1 is 1.32 bits per heavy atom. The van der Waals surface area contributed by atoms with Crippen LogP contribution < -0.4 is 10.5 Å². The third-order valence-corrected chi connectivity index (χ3v) is 3.45. The first-order valence-electron chi connectivity index (χ1n) is 6.82. The van der Waals surface area contributed by atoms with Gasteiger partial charge in [0, 0.05) is 24.0 Å². The van der Waals surface area contributed by atoms with Gasteiger partial charge in [-0.15, -0.1) is 0 Å². The van der Waals surface area contributed by atoms with Crippen molar-refractivity contribution in [3.8, 4) is 5.75 Å². The van der Waals surface area contributed by atoms with E-state index in [0.717, 1.165) is 16.6 Å². The first kappa shape index (κ1) is 16.5. The minimum atomic E-state index is 0.0861. The molecule has 1 rings (SSSR count). The molecule has 0 heterocycles. The first-order valence-corrected chi connectivity index (χ1v) is 7.61. The SMILES string of the molecule is CCOC(CN)CCOc1ccc(Br)cc1C(C)C. The van der Waals surface area contributed by atoms with Crippen molar-refractivity contribution >= 4 is 15.9 Å². The molecule has 3 nitrogen and oxygen atoms in total. The third kappa shape index (κ3) is 5.51. The minimum Gasteiger partial charge on any atom is -0.493 e. The number of halogens is 1. The summed E-state index contributed by atoms with van der Waals surface area (Å²) < 4.78 is 12.5. The van der Waals surface area contributed by atoms with Gasteiger partial charge in [0.1, 0.15) is 5.75 Å². The first-order chi connectivity index (χ1) is 9.08. The number of nitrogens with two attached hydrogens (primary N) is 1. The van der Waals surface area contributed by atoms with E-state index >= 15 is 0 Å². The summed E-state index contributed by atoms with van der Waals surface area (Å²) >= 11 is 3.50. The van der Waals surface area contributed by atoms with E-state index in [1.165, 1.54) is 5.56 Å². The number of rotatable bonds is 8. The molecule has 2 N–H and O–H groups in total. The van der Waals surface area contributed by atoms with Crippen molar-refractivity contribution in [1.29, 1.82) is 0 Å². The van der Waals surface area contributed by atoms with Crippen molar-refractivity contribution < 1.29 is 9.47 Å². The molecule has 0 amide bonds. The van der Waals surface area contributed by atoms with Crippen LogP contribution in [-0.4, -0.2) is 25.9 Å². The minimum absolute atomic E-state index is 0.0861. The number of ether oxygens (including phenoxy) is 2. The molecule has 1 unspecified atom stereocenters. The normalized spacial score (nSPS) is 12.7. The second-order valence-electron chi connectivity index (χ2n) is 4.79. The second kappa shape index (κ2) is 8.56. The van der Waals surface area contributed by atoms with Crippen LogP contribution in [-0.2, 0) is 4.74 Å². The molecular weight excluding hydrogens is 306 g/mol. The lowest BCUT2D eigenvalue weighted by Gasteiger charge is -2.17. The van der Waals surface area contributed by atoms with Crippen LogP contribution >= 0.6 is 15.9 Å². The summed E-state index contributed by atoms with van der Waals surface area (Å²) in [7, 11) is 0. The fourth-order valence-corrected chi connectivity index (χ4v) is 2.29. The number of hydrogen-bond acceptors (Lipinski definition) is 3. The molecule has 0 spiro atoms. The number of benzene rings is 1. The van der Waals surface area contributed by atoms with Crippen molar-refractivity contribution in [2.24, 2.45) is 5.73 Å². The van der Waals surface area contributed by atoms with Crippen molar-refractivity contribution in [2.75, 3.05) is 19.8 Å². The average Bonchev–Trinajstić information content (AvgIpc) is 2.39. The van der Waals surface area contributed by atoms with Gasteiger partial charge in [0.25, 0.3) is 0 Å². The standard InChI is InChI=1S/C15H24BrNO2/c1-4-18-13(10-17)7-8-19-15-6-5-12(16)9-14(15)11(2)3/h5-6,9,11,13H,4,7-8,10,17H2,1-3H3. The molecule has 1 aromatic carbocycles. The smallest absolute Gasteiger partial charge is 0.122 e.